The molecule has 4 amide bonds. The minimum Gasteiger partial charge on any atom is -0.480 e. The van der Waals surface area contributed by atoms with Crippen LogP contribution in [0.15, 0.2) is 60.7 Å². The second-order valence-corrected chi connectivity index (χ2v) is 13.4. The maximum atomic E-state index is 13.7. The highest BCUT2D eigenvalue weighted by Crippen LogP contribution is 2.22. The van der Waals surface area contributed by atoms with Gasteiger partial charge in [0, 0.05) is 25.6 Å². The molecule has 13 heteroatoms. The Balaban J connectivity index is 1.40. The number of hydrogen-bond acceptors (Lipinski definition) is 8. The Kier molecular flexibility index (Phi) is 13.3. The van der Waals surface area contributed by atoms with E-state index in [4.69, 9.17) is 5.73 Å². The number of carboxylic acid groups (broad SMARTS) is 1. The van der Waals surface area contributed by atoms with Crippen LogP contribution < -0.4 is 21.7 Å². The van der Waals surface area contributed by atoms with Gasteiger partial charge in [0.25, 0.3) is 0 Å². The van der Waals surface area contributed by atoms with Crippen LogP contribution in [0.3, 0.4) is 0 Å². The van der Waals surface area contributed by atoms with Gasteiger partial charge in [0.1, 0.15) is 30.4 Å². The van der Waals surface area contributed by atoms with Gasteiger partial charge in [-0.25, -0.2) is 4.79 Å². The first-order valence-electron chi connectivity index (χ1n) is 17.1. The summed E-state index contributed by atoms with van der Waals surface area (Å²) in [5, 5.41) is 29.0. The SMILES string of the molecule is CC(C)[C@H](NC(O)[C@@H](N)Cc1ccccc1)C(=O)N[C@@H](C)C(=O)N1CCC[C@H]1C(=O)N[C@@H](Cc1ccccc1)C(=O)N1CCCC1C(=O)O. The molecule has 0 aliphatic carbocycles. The number of aliphatic hydroxyl groups is 1. The number of likely N-dealkylation sites (tertiary alicyclic amines) is 2. The first kappa shape index (κ1) is 37.5. The molecule has 7 N–H and O–H groups in total. The van der Waals surface area contributed by atoms with Gasteiger partial charge in [-0.1, -0.05) is 74.5 Å². The van der Waals surface area contributed by atoms with Crippen molar-refractivity contribution in [2.45, 2.75) is 102 Å². The van der Waals surface area contributed by atoms with Crippen molar-refractivity contribution in [3.63, 3.8) is 0 Å². The summed E-state index contributed by atoms with van der Waals surface area (Å²) in [6.07, 6.45) is 1.18. The summed E-state index contributed by atoms with van der Waals surface area (Å²) in [4.78, 5) is 69.0. The van der Waals surface area contributed by atoms with Crippen LogP contribution in [-0.4, -0.2) is 105 Å². The normalized spacial score (nSPS) is 20.7. The average molecular weight is 679 g/mol. The average Bonchev–Trinajstić information content (AvgIpc) is 3.78. The second kappa shape index (κ2) is 17.4. The molecule has 2 aromatic rings. The number of aliphatic carboxylic acids is 1. The van der Waals surface area contributed by atoms with Crippen LogP contribution in [0.25, 0.3) is 0 Å². The summed E-state index contributed by atoms with van der Waals surface area (Å²) in [5.41, 5.74) is 7.97. The molecule has 7 atom stereocenters. The van der Waals surface area contributed by atoms with Crippen molar-refractivity contribution in [2.24, 2.45) is 11.7 Å². The number of carbonyl (C=O) groups is 5. The molecular formula is C36H50N6O7. The molecule has 0 radical (unpaired) electrons. The molecule has 0 saturated carbocycles. The predicted octanol–water partition coefficient (Wildman–Crippen LogP) is 0.788. The smallest absolute Gasteiger partial charge is 0.326 e. The van der Waals surface area contributed by atoms with Crippen molar-refractivity contribution < 1.29 is 34.2 Å². The second-order valence-electron chi connectivity index (χ2n) is 13.4. The molecule has 2 saturated heterocycles. The van der Waals surface area contributed by atoms with Crippen molar-refractivity contribution in [1.29, 1.82) is 0 Å². The zero-order chi connectivity index (χ0) is 35.7. The Morgan fingerprint density at radius 1 is 0.796 bits per heavy atom. The van der Waals surface area contributed by atoms with Gasteiger partial charge in [0.2, 0.25) is 23.6 Å². The van der Waals surface area contributed by atoms with E-state index in [1.807, 2.05) is 74.5 Å². The van der Waals surface area contributed by atoms with Gasteiger partial charge in [-0.15, -0.1) is 0 Å². The lowest BCUT2D eigenvalue weighted by molar-refractivity contribution is -0.149. The fourth-order valence-electron chi connectivity index (χ4n) is 6.60. The predicted molar refractivity (Wildman–Crippen MR) is 183 cm³/mol. The summed E-state index contributed by atoms with van der Waals surface area (Å²) in [7, 11) is 0. The fourth-order valence-corrected chi connectivity index (χ4v) is 6.60. The van der Waals surface area contributed by atoms with E-state index in [2.05, 4.69) is 16.0 Å². The molecule has 2 aromatic carbocycles. The highest BCUT2D eigenvalue weighted by Gasteiger charge is 2.41. The van der Waals surface area contributed by atoms with Crippen molar-refractivity contribution in [1.82, 2.24) is 25.8 Å². The Labute approximate surface area is 287 Å². The Hall–Kier alpha value is -4.33. The van der Waals surface area contributed by atoms with Crippen molar-refractivity contribution in [3.8, 4) is 0 Å². The van der Waals surface area contributed by atoms with Gasteiger partial charge >= 0.3 is 5.97 Å². The van der Waals surface area contributed by atoms with Gasteiger partial charge in [-0.05, 0) is 56.1 Å². The molecule has 0 bridgehead atoms. The number of aliphatic hydroxyl groups excluding tert-OH is 1. The molecule has 13 nitrogen and oxygen atoms in total. The monoisotopic (exact) mass is 678 g/mol. The molecule has 2 aliphatic rings. The highest BCUT2D eigenvalue weighted by molar-refractivity contribution is 5.96. The molecular weight excluding hydrogens is 628 g/mol. The quantitative estimate of drug-likeness (QED) is 0.148. The number of benzene rings is 2. The van der Waals surface area contributed by atoms with Crippen LogP contribution in [0.1, 0.15) is 57.6 Å². The van der Waals surface area contributed by atoms with E-state index in [1.54, 1.807) is 6.92 Å². The van der Waals surface area contributed by atoms with Gasteiger partial charge in [-0.2, -0.15) is 0 Å². The molecule has 2 fully saturated rings. The third-order valence-electron chi connectivity index (χ3n) is 9.31. The molecule has 4 rings (SSSR count). The standard InChI is InChI=1S/C36H50N6O7/c1-22(2)30(40-31(43)26(37)20-24-12-6-4-7-13-24)33(45)38-23(3)34(46)41-18-10-16-28(41)32(44)39-27(21-25-14-8-5-9-15-25)35(47)42-19-11-17-29(42)36(48)49/h4-9,12-15,22-23,26-31,40,43H,10-11,16-21,37H2,1-3H3,(H,38,45)(H,39,44)(H,48,49)/t23-,26-,27-,28-,29?,30-,31?/m0/s1. The number of rotatable bonds is 15. The van der Waals surface area contributed by atoms with Crippen LogP contribution in [-0.2, 0) is 36.8 Å². The van der Waals surface area contributed by atoms with Crippen molar-refractivity contribution in [2.75, 3.05) is 13.1 Å². The third-order valence-corrected chi connectivity index (χ3v) is 9.31. The topological polar surface area (TPSA) is 194 Å². The van der Waals surface area contributed by atoms with E-state index in [0.29, 0.717) is 38.6 Å². The zero-order valence-corrected chi connectivity index (χ0v) is 28.5. The van der Waals surface area contributed by atoms with Crippen LogP contribution in [0.5, 0.6) is 0 Å². The number of nitrogens with two attached hydrogens (primary N) is 1. The minimum atomic E-state index is -1.19. The summed E-state index contributed by atoms with van der Waals surface area (Å²) in [6.45, 7) is 5.75. The van der Waals surface area contributed by atoms with Crippen molar-refractivity contribution >= 4 is 29.6 Å². The lowest BCUT2D eigenvalue weighted by Gasteiger charge is -2.32. The fraction of sp³-hybridized carbons (Fsp3) is 0.528. The van der Waals surface area contributed by atoms with Crippen LogP contribution in [0.4, 0.5) is 0 Å². The van der Waals surface area contributed by atoms with Crippen LogP contribution in [0, 0.1) is 5.92 Å². The largest absolute Gasteiger partial charge is 0.480 e. The maximum Gasteiger partial charge on any atom is 0.326 e. The highest BCUT2D eigenvalue weighted by atomic mass is 16.4. The van der Waals surface area contributed by atoms with E-state index in [9.17, 15) is 34.2 Å². The molecule has 49 heavy (non-hydrogen) atoms. The van der Waals surface area contributed by atoms with E-state index < -0.39 is 72.1 Å². The lowest BCUT2D eigenvalue weighted by Crippen LogP contribution is -2.60. The lowest BCUT2D eigenvalue weighted by atomic mass is 10.0. The Morgan fingerprint density at radius 2 is 1.33 bits per heavy atom. The minimum absolute atomic E-state index is 0.159. The number of carboxylic acids is 1. The van der Waals surface area contributed by atoms with Gasteiger partial charge in [-0.3, -0.25) is 24.5 Å². The summed E-state index contributed by atoms with van der Waals surface area (Å²) in [6, 6.07) is 13.2. The molecule has 0 aromatic heterocycles. The van der Waals surface area contributed by atoms with Gasteiger partial charge < -0.3 is 36.4 Å². The van der Waals surface area contributed by atoms with Crippen LogP contribution in [0.2, 0.25) is 0 Å². The van der Waals surface area contributed by atoms with E-state index in [0.717, 1.165) is 11.1 Å². The number of carbonyl (C=O) groups excluding carboxylic acids is 4. The Morgan fingerprint density at radius 3 is 1.88 bits per heavy atom. The maximum absolute atomic E-state index is 13.7. The number of nitrogens with zero attached hydrogens (tertiary/aromatic N) is 2. The number of amides is 4. The van der Waals surface area contributed by atoms with Crippen LogP contribution >= 0.6 is 0 Å². The molecule has 0 spiro atoms. The zero-order valence-electron chi connectivity index (χ0n) is 28.5. The Bertz CT molecular complexity index is 1440. The van der Waals surface area contributed by atoms with Crippen molar-refractivity contribution in [3.05, 3.63) is 71.8 Å². The third kappa shape index (κ3) is 9.87. The van der Waals surface area contributed by atoms with E-state index >= 15 is 0 Å². The van der Waals surface area contributed by atoms with Gasteiger partial charge in [0.05, 0.1) is 6.04 Å². The first-order valence-corrected chi connectivity index (χ1v) is 17.1. The summed E-state index contributed by atoms with van der Waals surface area (Å²) in [5.74, 6) is -3.26. The first-order chi connectivity index (χ1) is 23.4. The van der Waals surface area contributed by atoms with E-state index in [1.165, 1.54) is 9.80 Å². The molecule has 2 unspecified atom stereocenters. The molecule has 2 aliphatic heterocycles. The summed E-state index contributed by atoms with van der Waals surface area (Å²) >= 11 is 0. The molecule has 266 valence electrons. The van der Waals surface area contributed by atoms with E-state index in [-0.39, 0.29) is 18.9 Å². The number of nitrogens with one attached hydrogen (secondary N) is 3. The number of hydrogen-bond donors (Lipinski definition) is 6. The summed E-state index contributed by atoms with van der Waals surface area (Å²) < 4.78 is 0. The van der Waals surface area contributed by atoms with Gasteiger partial charge in [0.15, 0.2) is 0 Å². The molecule has 2 heterocycles.